The zero-order valence-corrected chi connectivity index (χ0v) is 14.0. The Hall–Kier alpha value is -2.60. The normalized spacial score (nSPS) is 11.6. The minimum atomic E-state index is -0.783. The largest absolute Gasteiger partial charge is 0.479 e. The van der Waals surface area contributed by atoms with Gasteiger partial charge >= 0.3 is 0 Å². The molecule has 0 aliphatic rings. The number of halogens is 1. The highest BCUT2D eigenvalue weighted by Gasteiger charge is 2.17. The van der Waals surface area contributed by atoms with Gasteiger partial charge in [0.1, 0.15) is 5.75 Å². The summed E-state index contributed by atoms with van der Waals surface area (Å²) >= 11 is 5.95. The fourth-order valence-electron chi connectivity index (χ4n) is 1.98. The fraction of sp³-hybridized carbons (Fsp3) is 0.235. The molecule has 7 heteroatoms. The predicted molar refractivity (Wildman–Crippen MR) is 91.2 cm³/mol. The van der Waals surface area contributed by atoms with E-state index >= 15 is 0 Å². The van der Waals surface area contributed by atoms with E-state index in [4.69, 9.17) is 16.3 Å². The maximum absolute atomic E-state index is 12.1. The molecule has 0 aliphatic carbocycles. The van der Waals surface area contributed by atoms with Crippen LogP contribution in [0.25, 0.3) is 0 Å². The number of ether oxygens (including phenoxy) is 1. The lowest BCUT2D eigenvalue weighted by Crippen LogP contribution is -2.35. The number of nitro benzene ring substituents is 1. The minimum absolute atomic E-state index is 0.0855. The number of benzene rings is 2. The zero-order chi connectivity index (χ0) is 17.7. The van der Waals surface area contributed by atoms with E-state index in [0.717, 1.165) is 11.1 Å². The molecule has 0 saturated carbocycles. The Morgan fingerprint density at radius 2 is 1.96 bits per heavy atom. The summed E-state index contributed by atoms with van der Waals surface area (Å²) in [6.07, 6.45) is -0.783. The van der Waals surface area contributed by atoms with Crippen molar-refractivity contribution in [2.24, 2.45) is 0 Å². The van der Waals surface area contributed by atoms with Crippen molar-refractivity contribution < 1.29 is 14.5 Å². The van der Waals surface area contributed by atoms with E-state index in [-0.39, 0.29) is 22.4 Å². The van der Waals surface area contributed by atoms with Crippen molar-refractivity contribution in [1.29, 1.82) is 0 Å². The number of rotatable bonds is 6. The third kappa shape index (κ3) is 4.70. The SMILES string of the molecule is Cc1ccc(CNC(=O)[C@@H](C)Oc2ccc([N+](=O)[O-])cc2Cl)cc1. The van der Waals surface area contributed by atoms with E-state index in [0.29, 0.717) is 6.54 Å². The van der Waals surface area contributed by atoms with Gasteiger partial charge in [-0.3, -0.25) is 14.9 Å². The van der Waals surface area contributed by atoms with Crippen LogP contribution in [0, 0.1) is 17.0 Å². The van der Waals surface area contributed by atoms with Gasteiger partial charge in [0.25, 0.3) is 11.6 Å². The van der Waals surface area contributed by atoms with Gasteiger partial charge in [0.2, 0.25) is 0 Å². The van der Waals surface area contributed by atoms with Crippen LogP contribution in [-0.2, 0) is 11.3 Å². The highest BCUT2D eigenvalue weighted by atomic mass is 35.5. The van der Waals surface area contributed by atoms with Crippen LogP contribution >= 0.6 is 11.6 Å². The van der Waals surface area contributed by atoms with Crippen molar-refractivity contribution in [3.8, 4) is 5.75 Å². The number of carbonyl (C=O) groups is 1. The Labute approximate surface area is 144 Å². The third-order valence-corrected chi connectivity index (χ3v) is 3.68. The summed E-state index contributed by atoms with van der Waals surface area (Å²) in [6.45, 7) is 3.97. The van der Waals surface area contributed by atoms with Gasteiger partial charge in [-0.15, -0.1) is 0 Å². The van der Waals surface area contributed by atoms with Crippen molar-refractivity contribution in [3.05, 3.63) is 68.7 Å². The van der Waals surface area contributed by atoms with Crippen LogP contribution in [0.2, 0.25) is 5.02 Å². The lowest BCUT2D eigenvalue weighted by atomic mass is 10.1. The maximum Gasteiger partial charge on any atom is 0.271 e. The Bertz CT molecular complexity index is 747. The summed E-state index contributed by atoms with van der Waals surface area (Å²) in [5.41, 5.74) is 1.99. The average molecular weight is 349 g/mol. The molecule has 0 spiro atoms. The number of hydrogen-bond donors (Lipinski definition) is 1. The predicted octanol–water partition coefficient (Wildman–Crippen LogP) is 3.64. The van der Waals surface area contributed by atoms with Crippen molar-refractivity contribution in [2.45, 2.75) is 26.5 Å². The van der Waals surface area contributed by atoms with Crippen LogP contribution in [0.4, 0.5) is 5.69 Å². The van der Waals surface area contributed by atoms with E-state index in [2.05, 4.69) is 5.32 Å². The van der Waals surface area contributed by atoms with Gasteiger partial charge in [0.05, 0.1) is 9.95 Å². The Kier molecular flexibility index (Phi) is 5.76. The minimum Gasteiger partial charge on any atom is -0.479 e. The second-order valence-electron chi connectivity index (χ2n) is 5.34. The lowest BCUT2D eigenvalue weighted by molar-refractivity contribution is -0.384. The van der Waals surface area contributed by atoms with Crippen LogP contribution in [0.15, 0.2) is 42.5 Å². The summed E-state index contributed by atoms with van der Waals surface area (Å²) in [6, 6.07) is 11.7. The van der Waals surface area contributed by atoms with E-state index < -0.39 is 11.0 Å². The highest BCUT2D eigenvalue weighted by molar-refractivity contribution is 6.32. The third-order valence-electron chi connectivity index (χ3n) is 3.39. The number of nitrogens with zero attached hydrogens (tertiary/aromatic N) is 1. The monoisotopic (exact) mass is 348 g/mol. The number of carbonyl (C=O) groups excluding carboxylic acids is 1. The van der Waals surface area contributed by atoms with E-state index in [1.807, 2.05) is 31.2 Å². The van der Waals surface area contributed by atoms with Gasteiger partial charge in [0, 0.05) is 18.7 Å². The summed E-state index contributed by atoms with van der Waals surface area (Å²) in [4.78, 5) is 22.2. The quantitative estimate of drug-likeness (QED) is 0.638. The van der Waals surface area contributed by atoms with E-state index in [1.54, 1.807) is 6.92 Å². The molecule has 0 heterocycles. The van der Waals surface area contributed by atoms with Crippen LogP contribution in [-0.4, -0.2) is 16.9 Å². The van der Waals surface area contributed by atoms with Crippen molar-refractivity contribution in [2.75, 3.05) is 0 Å². The first-order valence-corrected chi connectivity index (χ1v) is 7.68. The number of aryl methyl sites for hydroxylation is 1. The van der Waals surface area contributed by atoms with Crippen molar-refractivity contribution >= 4 is 23.2 Å². The van der Waals surface area contributed by atoms with Gasteiger partial charge in [-0.05, 0) is 25.5 Å². The molecule has 2 aromatic carbocycles. The van der Waals surface area contributed by atoms with Gasteiger partial charge in [0.15, 0.2) is 6.10 Å². The molecule has 2 rings (SSSR count). The number of non-ortho nitro benzene ring substituents is 1. The molecule has 1 N–H and O–H groups in total. The molecule has 0 radical (unpaired) electrons. The second kappa shape index (κ2) is 7.79. The molecule has 0 aromatic heterocycles. The first-order chi connectivity index (χ1) is 11.4. The number of nitrogens with one attached hydrogen (secondary N) is 1. The van der Waals surface area contributed by atoms with Crippen molar-refractivity contribution in [1.82, 2.24) is 5.32 Å². The Balaban J connectivity index is 1.93. The molecule has 0 fully saturated rings. The van der Waals surface area contributed by atoms with Gasteiger partial charge in [-0.1, -0.05) is 41.4 Å². The molecule has 24 heavy (non-hydrogen) atoms. The summed E-state index contributed by atoms with van der Waals surface area (Å²) in [5, 5.41) is 13.5. The van der Waals surface area contributed by atoms with Gasteiger partial charge in [-0.2, -0.15) is 0 Å². The van der Waals surface area contributed by atoms with E-state index in [1.165, 1.54) is 18.2 Å². The first-order valence-electron chi connectivity index (χ1n) is 7.30. The molecule has 0 saturated heterocycles. The molecule has 0 unspecified atom stereocenters. The van der Waals surface area contributed by atoms with Gasteiger partial charge < -0.3 is 10.1 Å². The number of amides is 1. The van der Waals surface area contributed by atoms with Crippen LogP contribution < -0.4 is 10.1 Å². The first kappa shape index (κ1) is 17.7. The summed E-state index contributed by atoms with van der Waals surface area (Å²) < 4.78 is 5.48. The molecule has 126 valence electrons. The topological polar surface area (TPSA) is 81.5 Å². The molecule has 0 aliphatic heterocycles. The van der Waals surface area contributed by atoms with Crippen LogP contribution in [0.1, 0.15) is 18.1 Å². The Morgan fingerprint density at radius 3 is 2.54 bits per heavy atom. The number of hydrogen-bond acceptors (Lipinski definition) is 4. The molecule has 0 bridgehead atoms. The summed E-state index contributed by atoms with van der Waals surface area (Å²) in [7, 11) is 0. The highest BCUT2D eigenvalue weighted by Crippen LogP contribution is 2.29. The zero-order valence-electron chi connectivity index (χ0n) is 13.3. The second-order valence-corrected chi connectivity index (χ2v) is 5.74. The Morgan fingerprint density at radius 1 is 1.29 bits per heavy atom. The molecule has 1 atom stereocenters. The van der Waals surface area contributed by atoms with Crippen LogP contribution in [0.3, 0.4) is 0 Å². The van der Waals surface area contributed by atoms with Crippen LogP contribution in [0.5, 0.6) is 5.75 Å². The van der Waals surface area contributed by atoms with E-state index in [9.17, 15) is 14.9 Å². The van der Waals surface area contributed by atoms with Crippen molar-refractivity contribution in [3.63, 3.8) is 0 Å². The smallest absolute Gasteiger partial charge is 0.271 e. The maximum atomic E-state index is 12.1. The molecular formula is C17H17ClN2O4. The fourth-order valence-corrected chi connectivity index (χ4v) is 2.20. The van der Waals surface area contributed by atoms with Gasteiger partial charge in [-0.25, -0.2) is 0 Å². The molecular weight excluding hydrogens is 332 g/mol. The molecule has 6 nitrogen and oxygen atoms in total. The molecule has 2 aromatic rings. The summed E-state index contributed by atoms with van der Waals surface area (Å²) in [5.74, 6) is -0.0785. The lowest BCUT2D eigenvalue weighted by Gasteiger charge is -2.15. The average Bonchev–Trinajstić information content (AvgIpc) is 2.55. The standard InChI is InChI=1S/C17H17ClN2O4/c1-11-3-5-13(6-4-11)10-19-17(21)12(2)24-16-8-7-14(20(22)23)9-15(16)18/h3-9,12H,10H2,1-2H3,(H,19,21)/t12-/m1/s1. The number of nitro groups is 1. The molecule has 1 amide bonds.